The van der Waals surface area contributed by atoms with E-state index >= 15 is 0 Å². The number of hydrogen-bond donors (Lipinski definition) is 2. The molecule has 0 amide bonds. The third kappa shape index (κ3) is 3.11. The molecule has 3 nitrogen and oxygen atoms in total. The monoisotopic (exact) mass is 247 g/mol. The zero-order chi connectivity index (χ0) is 12.1. The summed E-state index contributed by atoms with van der Waals surface area (Å²) in [4.78, 5) is 7.34. The molecule has 3 N–H and O–H groups in total. The van der Waals surface area contributed by atoms with Gasteiger partial charge in [-0.15, -0.1) is 0 Å². The summed E-state index contributed by atoms with van der Waals surface area (Å²) in [6.07, 6.45) is 4.62. The predicted molar refractivity (Wildman–Crippen MR) is 71.9 cm³/mol. The molecule has 1 aromatic carbocycles. The lowest BCUT2D eigenvalue weighted by atomic mass is 10.0. The average molecular weight is 247 g/mol. The molecule has 0 bridgehead atoms. The van der Waals surface area contributed by atoms with Crippen LogP contribution in [0.1, 0.15) is 24.9 Å². The zero-order valence-corrected chi connectivity index (χ0v) is 10.7. The van der Waals surface area contributed by atoms with Crippen LogP contribution in [0.2, 0.25) is 0 Å². The van der Waals surface area contributed by atoms with Crippen molar-refractivity contribution in [3.8, 4) is 0 Å². The Morgan fingerprint density at radius 1 is 1.35 bits per heavy atom. The Labute approximate surface area is 106 Å². The van der Waals surface area contributed by atoms with Crippen LogP contribution in [-0.4, -0.2) is 15.2 Å². The van der Waals surface area contributed by atoms with Gasteiger partial charge in [-0.3, -0.25) is 0 Å². The van der Waals surface area contributed by atoms with Gasteiger partial charge in [-0.2, -0.15) is 0 Å². The molecule has 0 aliphatic heterocycles. The third-order valence-electron chi connectivity index (χ3n) is 2.72. The van der Waals surface area contributed by atoms with Gasteiger partial charge in [0.2, 0.25) is 0 Å². The highest BCUT2D eigenvalue weighted by Crippen LogP contribution is 2.30. The number of aromatic amines is 1. The molecular formula is C13H17N3S. The number of aromatic nitrogens is 2. The highest BCUT2D eigenvalue weighted by molar-refractivity contribution is 7.99. The summed E-state index contributed by atoms with van der Waals surface area (Å²) in [5.74, 6) is 0. The van der Waals surface area contributed by atoms with Crippen molar-refractivity contribution in [2.45, 2.75) is 29.8 Å². The Morgan fingerprint density at radius 3 is 2.71 bits per heavy atom. The van der Waals surface area contributed by atoms with Crippen LogP contribution in [0.4, 0.5) is 0 Å². The predicted octanol–water partition coefficient (Wildman–Crippen LogP) is 2.98. The third-order valence-corrected chi connectivity index (χ3v) is 4.10. The number of benzene rings is 1. The molecule has 0 aliphatic carbocycles. The first-order valence-corrected chi connectivity index (χ1v) is 6.65. The summed E-state index contributed by atoms with van der Waals surface area (Å²) in [7, 11) is 0. The number of thioether (sulfide) groups is 1. The molecule has 2 rings (SSSR count). The summed E-state index contributed by atoms with van der Waals surface area (Å²) in [6.45, 7) is 2.16. The lowest BCUT2D eigenvalue weighted by molar-refractivity contribution is 0.654. The van der Waals surface area contributed by atoms with Crippen molar-refractivity contribution in [3.63, 3.8) is 0 Å². The van der Waals surface area contributed by atoms with E-state index in [4.69, 9.17) is 5.73 Å². The molecule has 0 saturated heterocycles. The lowest BCUT2D eigenvalue weighted by Crippen LogP contribution is -2.23. The van der Waals surface area contributed by atoms with Crippen molar-refractivity contribution in [2.75, 3.05) is 0 Å². The standard InChI is InChI=1S/C13H17N3S/c1-2-11(17-13-15-8-9-16-13)12(14)10-6-4-3-5-7-10/h3-9,11-12H,2,14H2,1H3,(H,15,16). The van der Waals surface area contributed by atoms with Gasteiger partial charge in [0.05, 0.1) is 0 Å². The molecule has 0 fully saturated rings. The number of nitrogens with zero attached hydrogens (tertiary/aromatic N) is 1. The molecule has 0 spiro atoms. The summed E-state index contributed by atoms with van der Waals surface area (Å²) >= 11 is 1.71. The first kappa shape index (κ1) is 12.2. The van der Waals surface area contributed by atoms with Gasteiger partial charge in [0, 0.05) is 23.7 Å². The molecule has 0 saturated carbocycles. The second-order valence-corrected chi connectivity index (χ2v) is 5.12. The van der Waals surface area contributed by atoms with E-state index in [0.717, 1.165) is 11.6 Å². The summed E-state index contributed by atoms with van der Waals surface area (Å²) < 4.78 is 0. The first-order valence-electron chi connectivity index (χ1n) is 5.78. The summed E-state index contributed by atoms with van der Waals surface area (Å²) in [5.41, 5.74) is 7.48. The maximum absolute atomic E-state index is 6.30. The van der Waals surface area contributed by atoms with Gasteiger partial charge in [0.25, 0.3) is 0 Å². The molecule has 1 aromatic heterocycles. The van der Waals surface area contributed by atoms with E-state index < -0.39 is 0 Å². The van der Waals surface area contributed by atoms with Gasteiger partial charge in [-0.1, -0.05) is 49.0 Å². The number of imidazole rings is 1. The van der Waals surface area contributed by atoms with Gasteiger partial charge in [0.15, 0.2) is 5.16 Å². The fourth-order valence-corrected chi connectivity index (χ4v) is 2.77. The topological polar surface area (TPSA) is 54.7 Å². The normalized spacial score (nSPS) is 14.5. The smallest absolute Gasteiger partial charge is 0.165 e. The number of rotatable bonds is 5. The van der Waals surface area contributed by atoms with Crippen LogP contribution in [0, 0.1) is 0 Å². The SMILES string of the molecule is CCC(Sc1ncc[nH]1)C(N)c1ccccc1. The number of nitrogens with two attached hydrogens (primary N) is 1. The molecule has 0 aliphatic rings. The van der Waals surface area contributed by atoms with Gasteiger partial charge < -0.3 is 10.7 Å². The molecule has 2 unspecified atom stereocenters. The fourth-order valence-electron chi connectivity index (χ4n) is 1.76. The van der Waals surface area contributed by atoms with Crippen molar-refractivity contribution in [1.29, 1.82) is 0 Å². The Bertz CT molecular complexity index is 427. The molecular weight excluding hydrogens is 230 g/mol. The summed E-state index contributed by atoms with van der Waals surface area (Å²) in [5, 5.41) is 1.27. The molecule has 4 heteroatoms. The van der Waals surface area contributed by atoms with Crippen LogP contribution < -0.4 is 5.73 Å². The van der Waals surface area contributed by atoms with Crippen molar-refractivity contribution < 1.29 is 0 Å². The first-order chi connectivity index (χ1) is 8.31. The largest absolute Gasteiger partial charge is 0.340 e. The highest BCUT2D eigenvalue weighted by Gasteiger charge is 2.19. The van der Waals surface area contributed by atoms with E-state index in [2.05, 4.69) is 29.0 Å². The lowest BCUT2D eigenvalue weighted by Gasteiger charge is -2.21. The average Bonchev–Trinajstić information content (AvgIpc) is 2.89. The zero-order valence-electron chi connectivity index (χ0n) is 9.84. The van der Waals surface area contributed by atoms with Crippen molar-refractivity contribution >= 4 is 11.8 Å². The van der Waals surface area contributed by atoms with E-state index in [-0.39, 0.29) is 6.04 Å². The quantitative estimate of drug-likeness (QED) is 0.799. The van der Waals surface area contributed by atoms with E-state index in [1.165, 1.54) is 5.56 Å². The Morgan fingerprint density at radius 2 is 2.12 bits per heavy atom. The Hall–Kier alpha value is -1.26. The van der Waals surface area contributed by atoms with Gasteiger partial charge in [-0.05, 0) is 12.0 Å². The van der Waals surface area contributed by atoms with Gasteiger partial charge in [0.1, 0.15) is 0 Å². The van der Waals surface area contributed by atoms with Crippen molar-refractivity contribution in [1.82, 2.24) is 9.97 Å². The second kappa shape index (κ2) is 5.89. The van der Waals surface area contributed by atoms with E-state index in [1.807, 2.05) is 24.4 Å². The van der Waals surface area contributed by atoms with E-state index in [0.29, 0.717) is 5.25 Å². The minimum absolute atomic E-state index is 0.0382. The Kier molecular flexibility index (Phi) is 4.23. The van der Waals surface area contributed by atoms with Gasteiger partial charge in [-0.25, -0.2) is 4.98 Å². The molecule has 90 valence electrons. The van der Waals surface area contributed by atoms with Crippen LogP contribution in [0.5, 0.6) is 0 Å². The minimum Gasteiger partial charge on any atom is -0.340 e. The number of H-pyrrole nitrogens is 1. The molecule has 0 radical (unpaired) electrons. The minimum atomic E-state index is 0.0382. The van der Waals surface area contributed by atoms with Crippen LogP contribution in [0.3, 0.4) is 0 Å². The molecule has 2 atom stereocenters. The van der Waals surface area contributed by atoms with Crippen LogP contribution in [0.15, 0.2) is 47.9 Å². The van der Waals surface area contributed by atoms with Gasteiger partial charge >= 0.3 is 0 Å². The maximum Gasteiger partial charge on any atom is 0.165 e. The fraction of sp³-hybridized carbons (Fsp3) is 0.308. The summed E-state index contributed by atoms with van der Waals surface area (Å²) in [6, 6.07) is 10.3. The van der Waals surface area contributed by atoms with Crippen LogP contribution in [-0.2, 0) is 0 Å². The molecule has 1 heterocycles. The van der Waals surface area contributed by atoms with E-state index in [1.54, 1.807) is 18.0 Å². The van der Waals surface area contributed by atoms with E-state index in [9.17, 15) is 0 Å². The van der Waals surface area contributed by atoms with Crippen LogP contribution in [0.25, 0.3) is 0 Å². The Balaban J connectivity index is 2.08. The molecule has 2 aromatic rings. The molecule has 17 heavy (non-hydrogen) atoms. The van der Waals surface area contributed by atoms with Crippen molar-refractivity contribution in [3.05, 3.63) is 48.3 Å². The van der Waals surface area contributed by atoms with Crippen LogP contribution >= 0.6 is 11.8 Å². The number of hydrogen-bond acceptors (Lipinski definition) is 3. The highest BCUT2D eigenvalue weighted by atomic mass is 32.2. The maximum atomic E-state index is 6.30. The van der Waals surface area contributed by atoms with Crippen molar-refractivity contribution in [2.24, 2.45) is 5.73 Å². The second-order valence-electron chi connectivity index (χ2n) is 3.90. The number of nitrogens with one attached hydrogen (secondary N) is 1.